The van der Waals surface area contributed by atoms with E-state index in [1.54, 1.807) is 14.2 Å². The highest BCUT2D eigenvalue weighted by Gasteiger charge is 2.38. The number of hydrogen-bond acceptors (Lipinski definition) is 3. The predicted molar refractivity (Wildman–Crippen MR) is 82.4 cm³/mol. The Morgan fingerprint density at radius 2 is 1.80 bits per heavy atom. The minimum Gasteiger partial charge on any atom is -0.495 e. The van der Waals surface area contributed by atoms with Gasteiger partial charge >= 0.3 is 0 Å². The van der Waals surface area contributed by atoms with E-state index < -0.39 is 0 Å². The fraction of sp³-hybridized carbons (Fsp3) is 0.625. The molecule has 0 saturated heterocycles. The van der Waals surface area contributed by atoms with Crippen molar-refractivity contribution in [2.24, 2.45) is 5.73 Å². The Labute approximate surface area is 126 Å². The highest BCUT2D eigenvalue weighted by atomic mass is 35.5. The van der Waals surface area contributed by atoms with Crippen molar-refractivity contribution in [2.45, 2.75) is 50.2 Å². The molecule has 1 aliphatic carbocycles. The van der Waals surface area contributed by atoms with E-state index in [4.69, 9.17) is 26.8 Å². The van der Waals surface area contributed by atoms with Gasteiger partial charge in [0.05, 0.1) is 23.8 Å². The fourth-order valence-corrected chi connectivity index (χ4v) is 3.34. The van der Waals surface area contributed by atoms with Gasteiger partial charge in [0.25, 0.3) is 0 Å². The Kier molecular flexibility index (Phi) is 5.30. The monoisotopic (exact) mass is 297 g/mol. The summed E-state index contributed by atoms with van der Waals surface area (Å²) in [6.45, 7) is 0. The molecular formula is C16H24ClNO2. The summed E-state index contributed by atoms with van der Waals surface area (Å²) >= 11 is 6.08. The van der Waals surface area contributed by atoms with Gasteiger partial charge in [-0.25, -0.2) is 0 Å². The standard InChI is InChI=1S/C16H24ClNO2/c1-19-14-11-12(7-8-13(14)17)15(18)16(20-2)9-5-3-4-6-10-16/h7-8,11,15H,3-6,9-10,18H2,1-2H3. The molecule has 0 heterocycles. The summed E-state index contributed by atoms with van der Waals surface area (Å²) in [6.07, 6.45) is 6.90. The van der Waals surface area contributed by atoms with Crippen LogP contribution >= 0.6 is 11.6 Å². The third-order valence-electron chi connectivity index (χ3n) is 4.46. The number of hydrogen-bond donors (Lipinski definition) is 1. The van der Waals surface area contributed by atoms with Crippen LogP contribution in [0.3, 0.4) is 0 Å². The van der Waals surface area contributed by atoms with E-state index in [-0.39, 0.29) is 11.6 Å². The molecule has 1 unspecified atom stereocenters. The van der Waals surface area contributed by atoms with Gasteiger partial charge in [-0.15, -0.1) is 0 Å². The van der Waals surface area contributed by atoms with E-state index in [0.29, 0.717) is 10.8 Å². The van der Waals surface area contributed by atoms with Crippen LogP contribution in [0, 0.1) is 0 Å². The van der Waals surface area contributed by atoms with E-state index >= 15 is 0 Å². The van der Waals surface area contributed by atoms with Crippen LogP contribution < -0.4 is 10.5 Å². The van der Waals surface area contributed by atoms with Gasteiger partial charge < -0.3 is 15.2 Å². The van der Waals surface area contributed by atoms with Crippen LogP contribution in [-0.4, -0.2) is 19.8 Å². The second kappa shape index (κ2) is 6.79. The molecule has 1 atom stereocenters. The van der Waals surface area contributed by atoms with Crippen LogP contribution in [0.25, 0.3) is 0 Å². The van der Waals surface area contributed by atoms with Crippen LogP contribution in [-0.2, 0) is 4.74 Å². The Balaban J connectivity index is 2.29. The normalized spacial score (nSPS) is 20.2. The number of methoxy groups -OCH3 is 2. The maximum atomic E-state index is 6.53. The molecule has 0 bridgehead atoms. The third-order valence-corrected chi connectivity index (χ3v) is 4.77. The van der Waals surface area contributed by atoms with Gasteiger partial charge in [-0.05, 0) is 30.5 Å². The lowest BCUT2D eigenvalue weighted by molar-refractivity contribution is -0.0442. The second-order valence-corrected chi connectivity index (χ2v) is 5.96. The van der Waals surface area contributed by atoms with Crippen LogP contribution in [0.1, 0.15) is 50.1 Å². The molecular weight excluding hydrogens is 274 g/mol. The Hall–Kier alpha value is -0.770. The van der Waals surface area contributed by atoms with Crippen molar-refractivity contribution in [2.75, 3.05) is 14.2 Å². The first kappa shape index (κ1) is 15.6. The molecule has 1 saturated carbocycles. The number of nitrogens with two attached hydrogens (primary N) is 1. The van der Waals surface area contributed by atoms with Crippen LogP contribution in [0.15, 0.2) is 18.2 Å². The lowest BCUT2D eigenvalue weighted by atomic mass is 9.82. The van der Waals surface area contributed by atoms with Gasteiger partial charge in [0, 0.05) is 7.11 Å². The van der Waals surface area contributed by atoms with Crippen molar-refractivity contribution in [3.05, 3.63) is 28.8 Å². The molecule has 3 nitrogen and oxygen atoms in total. The second-order valence-electron chi connectivity index (χ2n) is 5.55. The quantitative estimate of drug-likeness (QED) is 0.851. The first-order valence-corrected chi connectivity index (χ1v) is 7.65. The summed E-state index contributed by atoms with van der Waals surface area (Å²) in [5.74, 6) is 0.666. The van der Waals surface area contributed by atoms with E-state index in [0.717, 1.165) is 18.4 Å². The van der Waals surface area contributed by atoms with Gasteiger partial charge in [-0.1, -0.05) is 43.4 Å². The molecule has 2 rings (SSSR count). The van der Waals surface area contributed by atoms with Crippen LogP contribution in [0.4, 0.5) is 0 Å². The molecule has 1 aliphatic rings. The summed E-state index contributed by atoms with van der Waals surface area (Å²) < 4.78 is 11.2. The minimum atomic E-state index is -0.269. The Bertz CT molecular complexity index is 442. The van der Waals surface area contributed by atoms with Gasteiger partial charge in [-0.2, -0.15) is 0 Å². The highest BCUT2D eigenvalue weighted by Crippen LogP contribution is 2.40. The van der Waals surface area contributed by atoms with Crippen molar-refractivity contribution in [3.63, 3.8) is 0 Å². The van der Waals surface area contributed by atoms with Crippen molar-refractivity contribution in [1.82, 2.24) is 0 Å². The Morgan fingerprint density at radius 3 is 2.35 bits per heavy atom. The lowest BCUT2D eigenvalue weighted by Crippen LogP contribution is -2.42. The van der Waals surface area contributed by atoms with Gasteiger partial charge in [0.15, 0.2) is 0 Å². The van der Waals surface area contributed by atoms with E-state index in [1.165, 1.54) is 25.7 Å². The van der Waals surface area contributed by atoms with E-state index in [2.05, 4.69) is 0 Å². The molecule has 20 heavy (non-hydrogen) atoms. The van der Waals surface area contributed by atoms with Crippen molar-refractivity contribution < 1.29 is 9.47 Å². The molecule has 0 aliphatic heterocycles. The smallest absolute Gasteiger partial charge is 0.137 e. The summed E-state index contributed by atoms with van der Waals surface area (Å²) in [5.41, 5.74) is 7.29. The summed E-state index contributed by atoms with van der Waals surface area (Å²) in [4.78, 5) is 0. The van der Waals surface area contributed by atoms with Crippen LogP contribution in [0.2, 0.25) is 5.02 Å². The molecule has 0 spiro atoms. The molecule has 1 aromatic carbocycles. The molecule has 0 aromatic heterocycles. The first-order valence-electron chi connectivity index (χ1n) is 7.27. The summed E-state index contributed by atoms with van der Waals surface area (Å²) in [7, 11) is 3.40. The van der Waals surface area contributed by atoms with Gasteiger partial charge in [0.2, 0.25) is 0 Å². The molecule has 2 N–H and O–H groups in total. The highest BCUT2D eigenvalue weighted by molar-refractivity contribution is 6.32. The lowest BCUT2D eigenvalue weighted by Gasteiger charge is -2.37. The number of ether oxygens (including phenoxy) is 2. The average molecular weight is 298 g/mol. The van der Waals surface area contributed by atoms with Crippen LogP contribution in [0.5, 0.6) is 5.75 Å². The zero-order chi connectivity index (χ0) is 14.6. The molecule has 0 amide bonds. The fourth-order valence-electron chi connectivity index (χ4n) is 3.14. The number of benzene rings is 1. The molecule has 1 aromatic rings. The summed E-state index contributed by atoms with van der Waals surface area (Å²) in [5, 5.41) is 0.607. The number of rotatable bonds is 4. The summed E-state index contributed by atoms with van der Waals surface area (Å²) in [6, 6.07) is 5.59. The largest absolute Gasteiger partial charge is 0.495 e. The molecule has 4 heteroatoms. The first-order chi connectivity index (χ1) is 9.63. The van der Waals surface area contributed by atoms with Crippen molar-refractivity contribution in [1.29, 1.82) is 0 Å². The zero-order valence-corrected chi connectivity index (χ0v) is 13.1. The zero-order valence-electron chi connectivity index (χ0n) is 12.3. The molecule has 0 radical (unpaired) electrons. The van der Waals surface area contributed by atoms with E-state index in [1.807, 2.05) is 18.2 Å². The number of halogens is 1. The topological polar surface area (TPSA) is 44.5 Å². The predicted octanol–water partition coefficient (Wildman–Crippen LogP) is 4.09. The third kappa shape index (κ3) is 3.11. The SMILES string of the molecule is COc1cc(C(N)C2(OC)CCCCCC2)ccc1Cl. The molecule has 1 fully saturated rings. The van der Waals surface area contributed by atoms with Crippen molar-refractivity contribution >= 4 is 11.6 Å². The Morgan fingerprint density at radius 1 is 1.15 bits per heavy atom. The minimum absolute atomic E-state index is 0.156. The van der Waals surface area contributed by atoms with E-state index in [9.17, 15) is 0 Å². The van der Waals surface area contributed by atoms with Gasteiger partial charge in [0.1, 0.15) is 5.75 Å². The average Bonchev–Trinajstić information content (AvgIpc) is 2.73. The van der Waals surface area contributed by atoms with Gasteiger partial charge in [-0.3, -0.25) is 0 Å². The maximum absolute atomic E-state index is 6.53. The maximum Gasteiger partial charge on any atom is 0.137 e. The van der Waals surface area contributed by atoms with Crippen molar-refractivity contribution in [3.8, 4) is 5.75 Å². The molecule has 112 valence electrons.